The number of carbonyl (C=O) groups excluding carboxylic acids is 2. The molecule has 7 nitrogen and oxygen atoms in total. The molecule has 0 spiro atoms. The van der Waals surface area contributed by atoms with Crippen LogP contribution < -0.4 is 10.2 Å². The Bertz CT molecular complexity index is 865. The van der Waals surface area contributed by atoms with Gasteiger partial charge in [0.2, 0.25) is 17.8 Å². The fourth-order valence-corrected chi connectivity index (χ4v) is 3.22. The Morgan fingerprint density at radius 3 is 2.81 bits per heavy atom. The first kappa shape index (κ1) is 16.6. The molecule has 4 rings (SSSR count). The fraction of sp³-hybridized carbons (Fsp3) is 0.412. The molecule has 2 amide bonds. The number of amides is 2. The van der Waals surface area contributed by atoms with E-state index in [1.807, 2.05) is 0 Å². The molecule has 0 bridgehead atoms. The Labute approximate surface area is 147 Å². The van der Waals surface area contributed by atoms with Gasteiger partial charge in [0, 0.05) is 24.9 Å². The number of halogens is 2. The predicted octanol–water partition coefficient (Wildman–Crippen LogP) is 2.34. The van der Waals surface area contributed by atoms with Crippen molar-refractivity contribution in [1.29, 1.82) is 0 Å². The third-order valence-electron chi connectivity index (χ3n) is 4.93. The van der Waals surface area contributed by atoms with Crippen LogP contribution in [0.3, 0.4) is 0 Å². The molecule has 2 aromatic rings. The lowest BCUT2D eigenvalue weighted by Crippen LogP contribution is -2.29. The van der Waals surface area contributed by atoms with Crippen LogP contribution in [0.25, 0.3) is 0 Å². The van der Waals surface area contributed by atoms with Gasteiger partial charge in [-0.25, -0.2) is 8.78 Å². The largest absolute Gasteiger partial charge is 0.309 e. The lowest BCUT2D eigenvalue weighted by atomic mass is 9.85. The zero-order valence-electron chi connectivity index (χ0n) is 13.8. The highest BCUT2D eigenvalue weighted by Gasteiger charge is 2.36. The molecular weight excluding hydrogens is 344 g/mol. The van der Waals surface area contributed by atoms with E-state index in [1.54, 1.807) is 0 Å². The van der Waals surface area contributed by atoms with Gasteiger partial charge in [-0.2, -0.15) is 4.98 Å². The van der Waals surface area contributed by atoms with Gasteiger partial charge in [-0.05, 0) is 25.0 Å². The van der Waals surface area contributed by atoms with Crippen molar-refractivity contribution in [3.63, 3.8) is 0 Å². The van der Waals surface area contributed by atoms with E-state index in [-0.39, 0.29) is 30.5 Å². The van der Waals surface area contributed by atoms with E-state index in [4.69, 9.17) is 0 Å². The van der Waals surface area contributed by atoms with Crippen molar-refractivity contribution in [2.24, 2.45) is 5.92 Å². The number of nitrogens with one attached hydrogen (secondary N) is 2. The van der Waals surface area contributed by atoms with Crippen LogP contribution in [-0.2, 0) is 9.59 Å². The number of aromatic nitrogens is 3. The molecule has 2 aliphatic rings. The molecule has 2 heterocycles. The molecule has 1 aromatic heterocycles. The fourth-order valence-electron chi connectivity index (χ4n) is 3.22. The van der Waals surface area contributed by atoms with Gasteiger partial charge in [-0.3, -0.25) is 20.0 Å². The molecule has 9 heteroatoms. The van der Waals surface area contributed by atoms with Gasteiger partial charge in [0.15, 0.2) is 0 Å². The lowest BCUT2D eigenvalue weighted by Gasteiger charge is -2.22. The van der Waals surface area contributed by atoms with Crippen molar-refractivity contribution in [3.05, 3.63) is 35.7 Å². The van der Waals surface area contributed by atoms with Crippen LogP contribution in [0.15, 0.2) is 18.2 Å². The summed E-state index contributed by atoms with van der Waals surface area (Å²) >= 11 is 0. The Hall–Kier alpha value is -2.84. The van der Waals surface area contributed by atoms with Gasteiger partial charge in [0.1, 0.15) is 17.5 Å². The van der Waals surface area contributed by atoms with Crippen molar-refractivity contribution in [2.45, 2.75) is 31.6 Å². The number of H-pyrrole nitrogens is 1. The quantitative estimate of drug-likeness (QED) is 0.874. The second kappa shape index (κ2) is 6.47. The first-order valence-electron chi connectivity index (χ1n) is 8.50. The number of benzene rings is 1. The van der Waals surface area contributed by atoms with Crippen LogP contribution in [0.1, 0.15) is 37.4 Å². The molecule has 1 unspecified atom stereocenters. The summed E-state index contributed by atoms with van der Waals surface area (Å²) in [6.45, 7) is 0.0210. The van der Waals surface area contributed by atoms with Gasteiger partial charge in [0.25, 0.3) is 0 Å². The molecular formula is C17H17F2N5O2. The molecule has 2 fully saturated rings. The maximum Gasteiger partial charge on any atom is 0.248 e. The van der Waals surface area contributed by atoms with E-state index in [0.29, 0.717) is 12.0 Å². The van der Waals surface area contributed by atoms with E-state index in [0.717, 1.165) is 36.1 Å². The molecule has 0 radical (unpaired) electrons. The van der Waals surface area contributed by atoms with Crippen molar-refractivity contribution in [3.8, 4) is 0 Å². The number of carbonyl (C=O) groups is 2. The Morgan fingerprint density at radius 2 is 2.12 bits per heavy atom. The zero-order valence-corrected chi connectivity index (χ0v) is 13.8. The second-order valence-electron chi connectivity index (χ2n) is 6.66. The number of hydrogen-bond donors (Lipinski definition) is 2. The lowest BCUT2D eigenvalue weighted by molar-refractivity contribution is -0.122. The van der Waals surface area contributed by atoms with Crippen LogP contribution in [0.5, 0.6) is 0 Å². The zero-order chi connectivity index (χ0) is 18.3. The number of hydrogen-bond acceptors (Lipinski definition) is 4. The number of rotatable bonds is 4. The average molecular weight is 361 g/mol. The van der Waals surface area contributed by atoms with Gasteiger partial charge < -0.3 is 4.90 Å². The monoisotopic (exact) mass is 361 g/mol. The van der Waals surface area contributed by atoms with Crippen LogP contribution >= 0.6 is 0 Å². The summed E-state index contributed by atoms with van der Waals surface area (Å²) < 4.78 is 27.0. The first-order chi connectivity index (χ1) is 12.5. The molecule has 1 aliphatic carbocycles. The molecule has 1 saturated heterocycles. The normalized spacial score (nSPS) is 20.3. The summed E-state index contributed by atoms with van der Waals surface area (Å²) in [7, 11) is 0. The van der Waals surface area contributed by atoms with Crippen molar-refractivity contribution in [1.82, 2.24) is 15.2 Å². The smallest absolute Gasteiger partial charge is 0.248 e. The molecule has 1 saturated carbocycles. The van der Waals surface area contributed by atoms with Gasteiger partial charge in [-0.15, -0.1) is 5.10 Å². The van der Waals surface area contributed by atoms with Crippen LogP contribution in [0.2, 0.25) is 0 Å². The molecule has 26 heavy (non-hydrogen) atoms. The van der Waals surface area contributed by atoms with Crippen LogP contribution in [-0.4, -0.2) is 33.5 Å². The second-order valence-corrected chi connectivity index (χ2v) is 6.66. The average Bonchev–Trinajstić information content (AvgIpc) is 3.13. The van der Waals surface area contributed by atoms with Crippen LogP contribution in [0.4, 0.5) is 20.4 Å². The number of anilines is 2. The Morgan fingerprint density at radius 1 is 1.31 bits per heavy atom. The van der Waals surface area contributed by atoms with E-state index >= 15 is 0 Å². The topological polar surface area (TPSA) is 91.0 Å². The minimum atomic E-state index is -0.835. The highest BCUT2D eigenvalue weighted by Crippen LogP contribution is 2.34. The molecule has 1 aliphatic heterocycles. The van der Waals surface area contributed by atoms with Gasteiger partial charge in [0.05, 0.1) is 11.6 Å². The van der Waals surface area contributed by atoms with E-state index in [1.165, 1.54) is 6.07 Å². The van der Waals surface area contributed by atoms with Gasteiger partial charge in [-0.1, -0.05) is 6.42 Å². The Kier molecular flexibility index (Phi) is 4.14. The summed E-state index contributed by atoms with van der Waals surface area (Å²) in [6.07, 6.45) is 3.21. The number of nitrogens with zero attached hydrogens (tertiary/aromatic N) is 3. The molecule has 1 atom stereocenters. The molecule has 1 aromatic carbocycles. The highest BCUT2D eigenvalue weighted by atomic mass is 19.1. The van der Waals surface area contributed by atoms with Crippen molar-refractivity contribution in [2.75, 3.05) is 16.8 Å². The third kappa shape index (κ3) is 3.04. The summed E-state index contributed by atoms with van der Waals surface area (Å²) in [5, 5.41) is 9.40. The third-order valence-corrected chi connectivity index (χ3v) is 4.93. The standard InChI is InChI=1S/C17H17F2N5O2/c18-11-4-5-13(12(19)7-11)24-8-10(6-14(24)25)16(26)21-17-20-15(22-23-17)9-2-1-3-9/h4-5,7,9-10H,1-3,6,8H2,(H2,20,21,22,23,26). The Balaban J connectivity index is 1.42. The van der Waals surface area contributed by atoms with E-state index < -0.39 is 23.5 Å². The minimum Gasteiger partial charge on any atom is -0.309 e. The number of aromatic amines is 1. The SMILES string of the molecule is O=C(Nc1n[nH]c(C2CCC2)n1)C1CC(=O)N(c2ccc(F)cc2F)C1. The maximum atomic E-state index is 13.9. The van der Waals surface area contributed by atoms with E-state index in [2.05, 4.69) is 20.5 Å². The summed E-state index contributed by atoms with van der Waals surface area (Å²) in [5.74, 6) is -1.71. The summed E-state index contributed by atoms with van der Waals surface area (Å²) in [5.41, 5.74) is -0.0307. The molecule has 2 N–H and O–H groups in total. The summed E-state index contributed by atoms with van der Waals surface area (Å²) in [4.78, 5) is 30.0. The molecule has 136 valence electrons. The predicted molar refractivity (Wildman–Crippen MR) is 88.4 cm³/mol. The van der Waals surface area contributed by atoms with Crippen molar-refractivity contribution >= 4 is 23.5 Å². The van der Waals surface area contributed by atoms with Crippen molar-refractivity contribution < 1.29 is 18.4 Å². The first-order valence-corrected chi connectivity index (χ1v) is 8.50. The van der Waals surface area contributed by atoms with Gasteiger partial charge >= 0.3 is 0 Å². The minimum absolute atomic E-state index is 0.0210. The summed E-state index contributed by atoms with van der Waals surface area (Å²) in [6, 6.07) is 2.99. The highest BCUT2D eigenvalue weighted by molar-refractivity contribution is 6.03. The maximum absolute atomic E-state index is 13.9. The van der Waals surface area contributed by atoms with Crippen LogP contribution in [0, 0.1) is 17.6 Å². The van der Waals surface area contributed by atoms with E-state index in [9.17, 15) is 18.4 Å².